The summed E-state index contributed by atoms with van der Waals surface area (Å²) in [7, 11) is 3.74. The van der Waals surface area contributed by atoms with Gasteiger partial charge in [0.25, 0.3) is 11.8 Å². The Balaban J connectivity index is 1.01. The average Bonchev–Trinajstić information content (AvgIpc) is 3.68. The molecule has 4 N–H and O–H groups in total. The van der Waals surface area contributed by atoms with Crippen molar-refractivity contribution in [2.45, 2.75) is 65.0 Å². The molecule has 2 aliphatic heterocycles. The summed E-state index contributed by atoms with van der Waals surface area (Å²) in [5.41, 5.74) is 7.29. The minimum absolute atomic E-state index is 0.0816. The summed E-state index contributed by atoms with van der Waals surface area (Å²) < 4.78 is 3.74. The lowest BCUT2D eigenvalue weighted by atomic mass is 9.80. The lowest BCUT2D eigenvalue weighted by Crippen LogP contribution is -2.33. The quantitative estimate of drug-likeness (QED) is 0.160. The molecule has 2 aromatic heterocycles. The second kappa shape index (κ2) is 16.0. The number of imidazole rings is 2. The molecular weight excluding hydrogens is 708 g/mol. The van der Waals surface area contributed by atoms with Gasteiger partial charge in [-0.2, -0.15) is 0 Å². The first kappa shape index (κ1) is 37.7. The van der Waals surface area contributed by atoms with Gasteiger partial charge in [-0.25, -0.2) is 9.97 Å². The Bertz CT molecular complexity index is 2070. The largest absolute Gasteiger partial charge is 0.481 e. The number of hydrogen-bond acceptors (Lipinski definition) is 8. The number of amides is 2. The van der Waals surface area contributed by atoms with Crippen LogP contribution in [-0.2, 0) is 44.8 Å². The number of benzene rings is 2. The molecule has 0 atom stereocenters. The van der Waals surface area contributed by atoms with Crippen LogP contribution in [0.15, 0.2) is 36.4 Å². The molecule has 3 aliphatic rings. The number of rotatable bonds is 11. The highest BCUT2D eigenvalue weighted by Gasteiger charge is 2.30. The molecule has 14 heteroatoms. The van der Waals surface area contributed by atoms with E-state index in [1.54, 1.807) is 6.07 Å². The van der Waals surface area contributed by atoms with Crippen LogP contribution in [0.2, 0.25) is 5.02 Å². The summed E-state index contributed by atoms with van der Waals surface area (Å²) in [5.74, 6) is -0.304. The SMILES string of the molecule is Cc1c(NC(=O)c2nc3c(n2C)CCN(CCO)C3)cccc1-c1cccc(NC(=O)c2nc3c(n2C)CCN(CCC2CCC(C(=O)O)CC2)C3)c1Cl. The number of hydrogen-bond donors (Lipinski definition) is 4. The van der Waals surface area contributed by atoms with Crippen LogP contribution in [0.25, 0.3) is 11.1 Å². The molecule has 0 bridgehead atoms. The Morgan fingerprint density at radius 3 is 1.91 bits per heavy atom. The maximum absolute atomic E-state index is 13.7. The van der Waals surface area contributed by atoms with E-state index in [0.29, 0.717) is 59.2 Å². The summed E-state index contributed by atoms with van der Waals surface area (Å²) in [4.78, 5) is 52.5. The Morgan fingerprint density at radius 2 is 1.33 bits per heavy atom. The molecule has 7 rings (SSSR count). The normalized spacial score (nSPS) is 18.9. The van der Waals surface area contributed by atoms with Gasteiger partial charge < -0.3 is 30.0 Å². The van der Waals surface area contributed by atoms with Crippen LogP contribution in [0, 0.1) is 18.8 Å². The standard InChI is InChI=1S/C40H49ClN8O5/c1-24-27(6-4-8-29(24)44-38(51)36-43-32-23-49(20-21-50)19-16-34(32)46(36)2)28-7-5-9-30(35(28)41)45-39(52)37-42-31-22-48(18-15-33(31)47(37)3)17-14-25-10-12-26(13-11-25)40(53)54/h4-9,25-26,50H,10-23H2,1-3H3,(H,44,51)(H,45,52)(H,53,54). The monoisotopic (exact) mass is 756 g/mol. The summed E-state index contributed by atoms with van der Waals surface area (Å²) in [5, 5.41) is 25.1. The highest BCUT2D eigenvalue weighted by atomic mass is 35.5. The second-order valence-corrected chi connectivity index (χ2v) is 15.3. The number of carboxylic acid groups (broad SMARTS) is 1. The highest BCUT2D eigenvalue weighted by molar-refractivity contribution is 6.36. The van der Waals surface area contributed by atoms with Gasteiger partial charge in [0.2, 0.25) is 0 Å². The minimum Gasteiger partial charge on any atom is -0.481 e. The molecule has 4 aromatic rings. The van der Waals surface area contributed by atoms with Gasteiger partial charge in [-0.1, -0.05) is 35.9 Å². The fraction of sp³-hybridized carbons (Fsp3) is 0.475. The number of fused-ring (bicyclic) bond motifs is 2. The van der Waals surface area contributed by atoms with Crippen molar-refractivity contribution < 1.29 is 24.6 Å². The summed E-state index contributed by atoms with van der Waals surface area (Å²) in [6.45, 7) is 6.48. The van der Waals surface area contributed by atoms with Crippen LogP contribution in [0.5, 0.6) is 0 Å². The van der Waals surface area contributed by atoms with Crippen LogP contribution >= 0.6 is 11.6 Å². The Kier molecular flexibility index (Phi) is 11.2. The van der Waals surface area contributed by atoms with E-state index in [1.165, 1.54) is 0 Å². The number of β-amino-alcohol motifs (C(OH)–C–C–N with tert-alkyl or cyclic N) is 1. The molecule has 286 valence electrons. The van der Waals surface area contributed by atoms with E-state index in [-0.39, 0.29) is 24.3 Å². The lowest BCUT2D eigenvalue weighted by molar-refractivity contribution is -0.143. The third-order valence-electron chi connectivity index (χ3n) is 11.7. The molecule has 4 heterocycles. The highest BCUT2D eigenvalue weighted by Crippen LogP contribution is 2.38. The third kappa shape index (κ3) is 7.68. The number of halogens is 1. The van der Waals surface area contributed by atoms with E-state index in [2.05, 4.69) is 25.4 Å². The van der Waals surface area contributed by atoms with Crippen LogP contribution in [-0.4, -0.2) is 89.7 Å². The van der Waals surface area contributed by atoms with Gasteiger partial charge in [-0.3, -0.25) is 24.2 Å². The van der Waals surface area contributed by atoms with E-state index in [4.69, 9.17) is 16.6 Å². The Hall–Kier alpha value is -4.56. The fourth-order valence-electron chi connectivity index (χ4n) is 8.41. The Labute approximate surface area is 320 Å². The molecular formula is C40H49ClN8O5. The van der Waals surface area contributed by atoms with Gasteiger partial charge in [-0.05, 0) is 74.8 Å². The van der Waals surface area contributed by atoms with E-state index in [1.807, 2.05) is 60.5 Å². The van der Waals surface area contributed by atoms with Gasteiger partial charge in [0.15, 0.2) is 11.6 Å². The van der Waals surface area contributed by atoms with Crippen molar-refractivity contribution in [1.29, 1.82) is 0 Å². The summed E-state index contributed by atoms with van der Waals surface area (Å²) in [6, 6.07) is 11.1. The topological polar surface area (TPSA) is 158 Å². The van der Waals surface area contributed by atoms with Crippen molar-refractivity contribution in [3.8, 4) is 11.1 Å². The molecule has 1 aliphatic carbocycles. The maximum atomic E-state index is 13.7. The number of nitrogens with zero attached hydrogens (tertiary/aromatic N) is 6. The maximum Gasteiger partial charge on any atom is 0.306 e. The van der Waals surface area contributed by atoms with Gasteiger partial charge in [0.05, 0.1) is 34.6 Å². The van der Waals surface area contributed by atoms with Crippen molar-refractivity contribution in [2.24, 2.45) is 25.9 Å². The Morgan fingerprint density at radius 1 is 0.796 bits per heavy atom. The van der Waals surface area contributed by atoms with Gasteiger partial charge in [-0.15, -0.1) is 0 Å². The van der Waals surface area contributed by atoms with Crippen LogP contribution in [0.1, 0.15) is 81.7 Å². The van der Waals surface area contributed by atoms with Crippen LogP contribution in [0.3, 0.4) is 0 Å². The molecule has 0 spiro atoms. The number of aliphatic hydroxyl groups excluding tert-OH is 1. The molecule has 0 radical (unpaired) electrons. The number of carboxylic acids is 1. The number of aliphatic hydroxyl groups is 1. The van der Waals surface area contributed by atoms with Crippen LogP contribution < -0.4 is 10.6 Å². The molecule has 1 fully saturated rings. The molecule has 2 amide bonds. The van der Waals surface area contributed by atoms with Crippen molar-refractivity contribution in [3.05, 3.63) is 81.4 Å². The number of aliphatic carboxylic acids is 1. The molecule has 2 aromatic carbocycles. The molecule has 13 nitrogen and oxygen atoms in total. The first-order chi connectivity index (χ1) is 26.0. The summed E-state index contributed by atoms with van der Waals surface area (Å²) in [6.07, 6.45) is 6.07. The minimum atomic E-state index is -0.668. The zero-order chi connectivity index (χ0) is 38.1. The average molecular weight is 757 g/mol. The van der Waals surface area contributed by atoms with Crippen molar-refractivity contribution in [1.82, 2.24) is 28.9 Å². The predicted molar refractivity (Wildman–Crippen MR) is 207 cm³/mol. The number of aromatic nitrogens is 4. The van der Waals surface area contributed by atoms with Crippen molar-refractivity contribution in [2.75, 3.05) is 43.4 Å². The van der Waals surface area contributed by atoms with Crippen molar-refractivity contribution >= 4 is 40.8 Å². The summed E-state index contributed by atoms with van der Waals surface area (Å²) >= 11 is 7.00. The molecule has 0 saturated heterocycles. The first-order valence-corrected chi connectivity index (χ1v) is 19.3. The molecule has 1 saturated carbocycles. The second-order valence-electron chi connectivity index (χ2n) is 14.9. The van der Waals surface area contributed by atoms with Gasteiger partial charge in [0.1, 0.15) is 0 Å². The predicted octanol–water partition coefficient (Wildman–Crippen LogP) is 5.28. The molecule has 54 heavy (non-hydrogen) atoms. The third-order valence-corrected chi connectivity index (χ3v) is 12.1. The number of nitrogens with one attached hydrogen (secondary N) is 2. The van der Waals surface area contributed by atoms with Gasteiger partial charge >= 0.3 is 5.97 Å². The zero-order valence-electron chi connectivity index (χ0n) is 31.2. The van der Waals surface area contributed by atoms with E-state index in [0.717, 1.165) is 98.5 Å². The van der Waals surface area contributed by atoms with E-state index < -0.39 is 5.97 Å². The zero-order valence-corrected chi connectivity index (χ0v) is 32.0. The molecule has 0 unspecified atom stereocenters. The number of carbonyl (C=O) groups is 3. The number of carbonyl (C=O) groups excluding carboxylic acids is 2. The number of anilines is 2. The first-order valence-electron chi connectivity index (χ1n) is 18.9. The van der Waals surface area contributed by atoms with Crippen molar-refractivity contribution in [3.63, 3.8) is 0 Å². The van der Waals surface area contributed by atoms with Crippen LogP contribution in [0.4, 0.5) is 11.4 Å². The lowest BCUT2D eigenvalue weighted by Gasteiger charge is -2.30. The van der Waals surface area contributed by atoms with E-state index >= 15 is 0 Å². The van der Waals surface area contributed by atoms with E-state index in [9.17, 15) is 24.6 Å². The van der Waals surface area contributed by atoms with Gasteiger partial charge in [0, 0.05) is 82.3 Å². The fourth-order valence-corrected chi connectivity index (χ4v) is 8.69. The smallest absolute Gasteiger partial charge is 0.306 e.